The fraction of sp³-hybridized carbons (Fsp3) is 0.400. The van der Waals surface area contributed by atoms with Gasteiger partial charge in [-0.15, -0.1) is 0 Å². The number of aromatic nitrogens is 2. The first-order chi connectivity index (χ1) is 9.29. The lowest BCUT2D eigenvalue weighted by atomic mass is 10.2. The summed E-state index contributed by atoms with van der Waals surface area (Å²) in [5, 5.41) is 11.2. The lowest BCUT2D eigenvalue weighted by Gasteiger charge is -2.15. The van der Waals surface area contributed by atoms with Crippen LogP contribution >= 0.6 is 0 Å². The van der Waals surface area contributed by atoms with Gasteiger partial charge >= 0.3 is 0 Å². The van der Waals surface area contributed by atoms with Crippen molar-refractivity contribution in [1.82, 2.24) is 14.6 Å². The van der Waals surface area contributed by atoms with Crippen molar-refractivity contribution in [2.45, 2.75) is 32.9 Å². The fourth-order valence-corrected chi connectivity index (χ4v) is 2.15. The summed E-state index contributed by atoms with van der Waals surface area (Å²) in [6.45, 7) is 4.24. The van der Waals surface area contributed by atoms with Crippen LogP contribution in [0.25, 0.3) is 0 Å². The second-order valence-corrected chi connectivity index (χ2v) is 4.62. The van der Waals surface area contributed by atoms with Gasteiger partial charge in [0.2, 0.25) is 0 Å². The maximum atomic E-state index is 9.87. The molecule has 0 bridgehead atoms. The van der Waals surface area contributed by atoms with E-state index in [1.165, 1.54) is 5.06 Å². The molecule has 0 radical (unpaired) electrons. The van der Waals surface area contributed by atoms with Crippen molar-refractivity contribution in [3.63, 3.8) is 0 Å². The molecule has 1 aromatic carbocycles. The van der Waals surface area contributed by atoms with Crippen molar-refractivity contribution >= 4 is 0 Å². The van der Waals surface area contributed by atoms with E-state index in [0.29, 0.717) is 13.1 Å². The largest absolute Gasteiger partial charge is 0.335 e. The molecule has 4 nitrogen and oxygen atoms in total. The van der Waals surface area contributed by atoms with Gasteiger partial charge in [-0.2, -0.15) is 5.06 Å². The molecule has 0 spiro atoms. The maximum absolute atomic E-state index is 9.87. The molecule has 0 aliphatic rings. The highest BCUT2D eigenvalue weighted by Gasteiger charge is 2.03. The van der Waals surface area contributed by atoms with Crippen LogP contribution in [0.5, 0.6) is 0 Å². The zero-order valence-corrected chi connectivity index (χ0v) is 11.4. The quantitative estimate of drug-likeness (QED) is 0.777. The van der Waals surface area contributed by atoms with E-state index in [1.54, 1.807) is 0 Å². The highest BCUT2D eigenvalue weighted by atomic mass is 16.5. The van der Waals surface area contributed by atoms with Gasteiger partial charge in [0.25, 0.3) is 0 Å². The minimum absolute atomic E-state index is 0.575. The predicted octanol–water partition coefficient (Wildman–Crippen LogP) is 2.73. The lowest BCUT2D eigenvalue weighted by Crippen LogP contribution is -2.21. The van der Waals surface area contributed by atoms with E-state index in [-0.39, 0.29) is 0 Å². The van der Waals surface area contributed by atoms with E-state index in [1.807, 2.05) is 42.7 Å². The highest BCUT2D eigenvalue weighted by Crippen LogP contribution is 2.04. The second-order valence-electron chi connectivity index (χ2n) is 4.62. The molecule has 0 aliphatic carbocycles. The van der Waals surface area contributed by atoms with E-state index in [2.05, 4.69) is 16.5 Å². The van der Waals surface area contributed by atoms with Gasteiger partial charge in [0.05, 0.1) is 0 Å². The summed E-state index contributed by atoms with van der Waals surface area (Å²) in [6.07, 6.45) is 5.68. The summed E-state index contributed by atoms with van der Waals surface area (Å²) in [6, 6.07) is 10.0. The van der Waals surface area contributed by atoms with Crippen LogP contribution < -0.4 is 0 Å². The standard InChI is InChI=1S/C15H21N3O/c1-2-15-16-9-12-17(15)10-6-11-18(19)13-14-7-4-3-5-8-14/h3-5,7-9,12,19H,2,6,10-11,13H2,1H3. The summed E-state index contributed by atoms with van der Waals surface area (Å²) in [5.74, 6) is 1.10. The topological polar surface area (TPSA) is 41.3 Å². The molecule has 0 saturated carbocycles. The molecule has 0 amide bonds. The molecule has 4 heteroatoms. The monoisotopic (exact) mass is 259 g/mol. The molecule has 0 saturated heterocycles. The number of nitrogens with zero attached hydrogens (tertiary/aromatic N) is 3. The number of hydrogen-bond acceptors (Lipinski definition) is 3. The number of hydroxylamine groups is 2. The zero-order chi connectivity index (χ0) is 13.5. The van der Waals surface area contributed by atoms with Gasteiger partial charge in [-0.05, 0) is 12.0 Å². The fourth-order valence-electron chi connectivity index (χ4n) is 2.15. The van der Waals surface area contributed by atoms with Gasteiger partial charge in [0.1, 0.15) is 5.82 Å². The Morgan fingerprint density at radius 1 is 1.26 bits per heavy atom. The smallest absolute Gasteiger partial charge is 0.108 e. The third kappa shape index (κ3) is 4.19. The first-order valence-corrected chi connectivity index (χ1v) is 6.77. The summed E-state index contributed by atoms with van der Waals surface area (Å²) in [7, 11) is 0. The molecule has 0 unspecified atom stereocenters. The third-order valence-corrected chi connectivity index (χ3v) is 3.14. The van der Waals surface area contributed by atoms with Crippen molar-refractivity contribution in [3.8, 4) is 0 Å². The number of benzene rings is 1. The first kappa shape index (κ1) is 13.8. The number of aryl methyl sites for hydroxylation is 2. The average molecular weight is 259 g/mol. The van der Waals surface area contributed by atoms with Crippen molar-refractivity contribution in [1.29, 1.82) is 0 Å². The summed E-state index contributed by atoms with van der Waals surface area (Å²) < 4.78 is 2.15. The Labute approximate surface area is 114 Å². The molecule has 0 aliphatic heterocycles. The summed E-state index contributed by atoms with van der Waals surface area (Å²) in [5.41, 5.74) is 1.13. The van der Waals surface area contributed by atoms with Crippen LogP contribution in [0.3, 0.4) is 0 Å². The van der Waals surface area contributed by atoms with Crippen LogP contribution in [0.2, 0.25) is 0 Å². The molecular formula is C15H21N3O. The molecule has 1 N–H and O–H groups in total. The Morgan fingerprint density at radius 2 is 2.05 bits per heavy atom. The van der Waals surface area contributed by atoms with Crippen LogP contribution in [-0.4, -0.2) is 26.4 Å². The SMILES string of the molecule is CCc1nccn1CCCN(O)Cc1ccccc1. The van der Waals surface area contributed by atoms with Crippen molar-refractivity contribution in [3.05, 3.63) is 54.1 Å². The minimum atomic E-state index is 0.575. The van der Waals surface area contributed by atoms with Crippen molar-refractivity contribution in [2.75, 3.05) is 6.54 Å². The molecule has 0 atom stereocenters. The van der Waals surface area contributed by atoms with Gasteiger partial charge in [-0.25, -0.2) is 4.98 Å². The molecular weight excluding hydrogens is 238 g/mol. The molecule has 1 heterocycles. The van der Waals surface area contributed by atoms with E-state index >= 15 is 0 Å². The minimum Gasteiger partial charge on any atom is -0.335 e. The van der Waals surface area contributed by atoms with Crippen LogP contribution in [0, 0.1) is 0 Å². The van der Waals surface area contributed by atoms with Crippen LogP contribution in [0.1, 0.15) is 24.7 Å². The van der Waals surface area contributed by atoms with Gasteiger partial charge in [-0.3, -0.25) is 0 Å². The zero-order valence-electron chi connectivity index (χ0n) is 11.4. The Hall–Kier alpha value is -1.65. The van der Waals surface area contributed by atoms with E-state index in [0.717, 1.165) is 30.8 Å². The van der Waals surface area contributed by atoms with E-state index in [4.69, 9.17) is 0 Å². The van der Waals surface area contributed by atoms with Gasteiger partial charge < -0.3 is 9.77 Å². The molecule has 0 fully saturated rings. The number of imidazole rings is 1. The highest BCUT2D eigenvalue weighted by molar-refractivity contribution is 5.14. The maximum Gasteiger partial charge on any atom is 0.108 e. The first-order valence-electron chi connectivity index (χ1n) is 6.77. The van der Waals surface area contributed by atoms with Gasteiger partial charge in [0.15, 0.2) is 0 Å². The Bertz CT molecular complexity index is 481. The van der Waals surface area contributed by atoms with Crippen molar-refractivity contribution in [2.24, 2.45) is 0 Å². The van der Waals surface area contributed by atoms with Crippen molar-refractivity contribution < 1.29 is 5.21 Å². The molecule has 1 aromatic heterocycles. The number of hydrogen-bond donors (Lipinski definition) is 1. The number of rotatable bonds is 7. The Morgan fingerprint density at radius 3 is 2.79 bits per heavy atom. The van der Waals surface area contributed by atoms with Gasteiger partial charge in [0, 0.05) is 38.4 Å². The van der Waals surface area contributed by atoms with Gasteiger partial charge in [-0.1, -0.05) is 37.3 Å². The molecule has 2 aromatic rings. The van der Waals surface area contributed by atoms with E-state index < -0.39 is 0 Å². The average Bonchev–Trinajstić information content (AvgIpc) is 2.87. The molecule has 19 heavy (non-hydrogen) atoms. The third-order valence-electron chi connectivity index (χ3n) is 3.14. The Kier molecular flexibility index (Phi) is 5.12. The van der Waals surface area contributed by atoms with Crippen LogP contribution in [0.4, 0.5) is 0 Å². The summed E-state index contributed by atoms with van der Waals surface area (Å²) in [4.78, 5) is 4.29. The molecule has 102 valence electrons. The summed E-state index contributed by atoms with van der Waals surface area (Å²) >= 11 is 0. The van der Waals surface area contributed by atoms with Crippen LogP contribution in [0.15, 0.2) is 42.7 Å². The lowest BCUT2D eigenvalue weighted by molar-refractivity contribution is -0.100. The molecule has 2 rings (SSSR count). The predicted molar refractivity (Wildman–Crippen MR) is 74.9 cm³/mol. The second kappa shape index (κ2) is 7.07. The van der Waals surface area contributed by atoms with E-state index in [9.17, 15) is 5.21 Å². The normalized spacial score (nSPS) is 11.1. The van der Waals surface area contributed by atoms with Crippen LogP contribution in [-0.2, 0) is 19.5 Å². The Balaban J connectivity index is 1.74.